The van der Waals surface area contributed by atoms with E-state index < -0.39 is 6.10 Å². The summed E-state index contributed by atoms with van der Waals surface area (Å²) in [6.07, 6.45) is 1.37. The molecule has 2 aromatic rings. The summed E-state index contributed by atoms with van der Waals surface area (Å²) in [5, 5.41) is 16.5. The number of aliphatic hydroxyl groups excluding tert-OH is 1. The second-order valence-corrected chi connectivity index (χ2v) is 5.32. The first-order valence-electron chi connectivity index (χ1n) is 6.80. The van der Waals surface area contributed by atoms with Gasteiger partial charge in [-0.25, -0.2) is 4.39 Å². The van der Waals surface area contributed by atoms with E-state index in [2.05, 4.69) is 10.2 Å². The number of H-pyrrole nitrogens is 1. The van der Waals surface area contributed by atoms with Crippen LogP contribution in [0.2, 0.25) is 0 Å². The van der Waals surface area contributed by atoms with Crippen LogP contribution in [-0.2, 0) is 0 Å². The van der Waals surface area contributed by atoms with Gasteiger partial charge in [-0.15, -0.1) is 0 Å². The third kappa shape index (κ3) is 2.54. The van der Waals surface area contributed by atoms with E-state index in [-0.39, 0.29) is 24.3 Å². The van der Waals surface area contributed by atoms with Gasteiger partial charge in [0.05, 0.1) is 23.9 Å². The topological polar surface area (TPSA) is 69.2 Å². The average Bonchev–Trinajstić information content (AvgIpc) is 3.05. The second kappa shape index (κ2) is 5.29. The molecule has 0 bridgehead atoms. The fourth-order valence-corrected chi connectivity index (χ4v) is 2.76. The maximum atomic E-state index is 13.0. The number of carbonyl (C=O) groups is 1. The lowest BCUT2D eigenvalue weighted by Crippen LogP contribution is -2.32. The monoisotopic (exact) mass is 289 g/mol. The molecule has 0 unspecified atom stereocenters. The number of halogens is 1. The van der Waals surface area contributed by atoms with Gasteiger partial charge in [0.2, 0.25) is 0 Å². The van der Waals surface area contributed by atoms with Crippen molar-refractivity contribution >= 4 is 5.91 Å². The number of rotatable bonds is 2. The van der Waals surface area contributed by atoms with Crippen molar-refractivity contribution in [3.8, 4) is 0 Å². The van der Waals surface area contributed by atoms with Crippen molar-refractivity contribution in [3.05, 3.63) is 53.1 Å². The van der Waals surface area contributed by atoms with E-state index in [0.717, 1.165) is 5.56 Å². The molecular weight excluding hydrogens is 273 g/mol. The number of carbonyl (C=O) groups excluding carboxylic acids is 1. The fraction of sp³-hybridized carbons (Fsp3) is 0.333. The molecule has 0 saturated carbocycles. The summed E-state index contributed by atoms with van der Waals surface area (Å²) < 4.78 is 13.0. The summed E-state index contributed by atoms with van der Waals surface area (Å²) in [6, 6.07) is 5.79. The quantitative estimate of drug-likeness (QED) is 0.886. The van der Waals surface area contributed by atoms with E-state index >= 15 is 0 Å². The minimum atomic E-state index is -0.573. The molecule has 1 aliphatic heterocycles. The molecule has 110 valence electrons. The van der Waals surface area contributed by atoms with Crippen molar-refractivity contribution in [3.63, 3.8) is 0 Å². The number of aliphatic hydroxyl groups is 1. The number of hydrogen-bond donors (Lipinski definition) is 2. The lowest BCUT2D eigenvalue weighted by atomic mass is 10.0. The Balaban J connectivity index is 1.91. The van der Waals surface area contributed by atoms with Gasteiger partial charge in [0, 0.05) is 12.2 Å². The van der Waals surface area contributed by atoms with Gasteiger partial charge >= 0.3 is 0 Å². The molecule has 3 rings (SSSR count). The molecule has 0 radical (unpaired) electrons. The first-order valence-corrected chi connectivity index (χ1v) is 6.80. The van der Waals surface area contributed by atoms with Gasteiger partial charge in [0.1, 0.15) is 5.82 Å². The van der Waals surface area contributed by atoms with Gasteiger partial charge in [-0.05, 0) is 31.0 Å². The van der Waals surface area contributed by atoms with Gasteiger partial charge in [0.15, 0.2) is 0 Å². The molecule has 2 N–H and O–H groups in total. The van der Waals surface area contributed by atoms with Gasteiger partial charge in [-0.3, -0.25) is 9.89 Å². The minimum absolute atomic E-state index is 0.174. The van der Waals surface area contributed by atoms with Gasteiger partial charge in [0.25, 0.3) is 5.91 Å². The first kappa shape index (κ1) is 13.8. The highest BCUT2D eigenvalue weighted by molar-refractivity contribution is 5.95. The van der Waals surface area contributed by atoms with Crippen LogP contribution in [0.1, 0.15) is 34.1 Å². The number of β-amino-alcohol motifs (C(OH)–C–C–N with tert-alkyl or cyclic N) is 1. The highest BCUT2D eigenvalue weighted by Gasteiger charge is 2.36. The predicted octanol–water partition coefficient (Wildman–Crippen LogP) is 1.81. The van der Waals surface area contributed by atoms with Crippen LogP contribution in [0, 0.1) is 12.7 Å². The zero-order chi connectivity index (χ0) is 15.0. The molecule has 1 aromatic heterocycles. The van der Waals surface area contributed by atoms with Crippen LogP contribution in [0.5, 0.6) is 0 Å². The maximum Gasteiger partial charge on any atom is 0.257 e. The summed E-state index contributed by atoms with van der Waals surface area (Å²) in [5.74, 6) is -0.493. The van der Waals surface area contributed by atoms with Crippen molar-refractivity contribution < 1.29 is 14.3 Å². The van der Waals surface area contributed by atoms with Gasteiger partial charge in [-0.2, -0.15) is 5.10 Å². The van der Waals surface area contributed by atoms with Gasteiger partial charge in [-0.1, -0.05) is 12.1 Å². The number of likely N-dealkylation sites (tertiary alicyclic amines) is 1. The van der Waals surface area contributed by atoms with Crippen molar-refractivity contribution in [1.29, 1.82) is 0 Å². The number of amides is 1. The Morgan fingerprint density at radius 1 is 1.43 bits per heavy atom. The molecule has 1 fully saturated rings. The third-order valence-corrected chi connectivity index (χ3v) is 3.85. The van der Waals surface area contributed by atoms with E-state index in [9.17, 15) is 14.3 Å². The van der Waals surface area contributed by atoms with Crippen LogP contribution in [0.4, 0.5) is 4.39 Å². The first-order chi connectivity index (χ1) is 10.1. The van der Waals surface area contributed by atoms with E-state index in [1.165, 1.54) is 18.3 Å². The van der Waals surface area contributed by atoms with Crippen LogP contribution < -0.4 is 0 Å². The summed E-state index contributed by atoms with van der Waals surface area (Å²) >= 11 is 0. The Kier molecular flexibility index (Phi) is 3.47. The van der Waals surface area contributed by atoms with Crippen molar-refractivity contribution in [2.24, 2.45) is 0 Å². The molecular formula is C15H16FN3O2. The van der Waals surface area contributed by atoms with E-state index in [0.29, 0.717) is 17.7 Å². The molecule has 1 saturated heterocycles. The third-order valence-electron chi connectivity index (χ3n) is 3.85. The molecule has 1 amide bonds. The number of hydrogen-bond acceptors (Lipinski definition) is 3. The molecule has 1 aromatic carbocycles. The van der Waals surface area contributed by atoms with E-state index in [1.807, 2.05) is 0 Å². The second-order valence-electron chi connectivity index (χ2n) is 5.32. The highest BCUT2D eigenvalue weighted by Crippen LogP contribution is 2.33. The number of nitrogens with one attached hydrogen (secondary N) is 1. The number of nitrogens with zero attached hydrogens (tertiary/aromatic N) is 2. The van der Waals surface area contributed by atoms with Crippen molar-refractivity contribution in [1.82, 2.24) is 15.1 Å². The Morgan fingerprint density at radius 3 is 2.76 bits per heavy atom. The lowest BCUT2D eigenvalue weighted by Gasteiger charge is -2.24. The van der Waals surface area contributed by atoms with Crippen molar-refractivity contribution in [2.45, 2.75) is 25.5 Å². The Hall–Kier alpha value is -2.21. The zero-order valence-electron chi connectivity index (χ0n) is 11.6. The summed E-state index contributed by atoms with van der Waals surface area (Å²) in [7, 11) is 0. The number of aromatic nitrogens is 2. The number of aromatic amines is 1. The standard InChI is InChI=1S/C15H16FN3O2/c1-9-13(7-17-18-9)15(21)19-8-12(20)6-14(19)10-2-4-11(16)5-3-10/h2-5,7,12,14,20H,6,8H2,1H3,(H,17,18)/t12-,14+/m1/s1. The van der Waals surface area contributed by atoms with Crippen LogP contribution in [0.25, 0.3) is 0 Å². The minimum Gasteiger partial charge on any atom is -0.391 e. The molecule has 2 heterocycles. The van der Waals surface area contributed by atoms with E-state index in [4.69, 9.17) is 0 Å². The molecule has 5 nitrogen and oxygen atoms in total. The molecule has 2 atom stereocenters. The van der Waals surface area contributed by atoms with Crippen LogP contribution >= 0.6 is 0 Å². The Morgan fingerprint density at radius 2 is 2.14 bits per heavy atom. The largest absolute Gasteiger partial charge is 0.391 e. The van der Waals surface area contributed by atoms with Gasteiger partial charge < -0.3 is 10.0 Å². The Labute approximate surface area is 121 Å². The normalized spacial score (nSPS) is 21.8. The molecule has 0 aliphatic carbocycles. The zero-order valence-corrected chi connectivity index (χ0v) is 11.6. The molecule has 1 aliphatic rings. The smallest absolute Gasteiger partial charge is 0.257 e. The average molecular weight is 289 g/mol. The number of benzene rings is 1. The lowest BCUT2D eigenvalue weighted by molar-refractivity contribution is 0.0715. The predicted molar refractivity (Wildman–Crippen MR) is 74.1 cm³/mol. The number of aryl methyl sites for hydroxylation is 1. The van der Waals surface area contributed by atoms with Crippen LogP contribution in [-0.4, -0.2) is 38.8 Å². The molecule has 21 heavy (non-hydrogen) atoms. The highest BCUT2D eigenvalue weighted by atomic mass is 19.1. The Bertz CT molecular complexity index is 653. The SMILES string of the molecule is Cc1[nH]ncc1C(=O)N1C[C@H](O)C[C@H]1c1ccc(F)cc1. The summed E-state index contributed by atoms with van der Waals surface area (Å²) in [4.78, 5) is 14.2. The van der Waals surface area contributed by atoms with Crippen molar-refractivity contribution in [2.75, 3.05) is 6.54 Å². The van der Waals surface area contributed by atoms with Crippen LogP contribution in [0.3, 0.4) is 0 Å². The molecule has 6 heteroatoms. The maximum absolute atomic E-state index is 13.0. The van der Waals surface area contributed by atoms with E-state index in [1.54, 1.807) is 24.0 Å². The summed E-state index contributed by atoms with van der Waals surface area (Å²) in [5.41, 5.74) is 2.01. The van der Waals surface area contributed by atoms with Crippen LogP contribution in [0.15, 0.2) is 30.5 Å². The molecule has 0 spiro atoms. The fourth-order valence-electron chi connectivity index (χ4n) is 2.76. The summed E-state index contributed by atoms with van der Waals surface area (Å²) in [6.45, 7) is 2.05.